The molecule has 4 aromatic rings. The lowest BCUT2D eigenvalue weighted by Crippen LogP contribution is -2.14. The first-order valence-corrected chi connectivity index (χ1v) is 11.5. The van der Waals surface area contributed by atoms with Crippen LogP contribution in [0.5, 0.6) is 5.75 Å². The largest absolute Gasteiger partial charge is 0.487 e. The summed E-state index contributed by atoms with van der Waals surface area (Å²) >= 11 is 0. The van der Waals surface area contributed by atoms with E-state index in [2.05, 4.69) is 10.3 Å². The second-order valence-corrected chi connectivity index (χ2v) is 9.11. The number of carbonyl (C=O) groups excluding carboxylic acids is 1. The Morgan fingerprint density at radius 2 is 1.81 bits per heavy atom. The zero-order chi connectivity index (χ0) is 22.0. The first-order chi connectivity index (χ1) is 14.8. The van der Waals surface area contributed by atoms with Crippen LogP contribution in [-0.4, -0.2) is 30.0 Å². The minimum absolute atomic E-state index is 0.0237. The number of rotatable bonds is 6. The number of aromatic nitrogens is 2. The van der Waals surface area contributed by atoms with Gasteiger partial charge < -0.3 is 10.1 Å². The standard InChI is InChI=1S/C23H21N3O4S/c1-16-11-12-18(20(14-16)30-15-17-8-4-3-5-9-17)24-22(27)21-19-10-6-7-13-26(19)23(25-21)31(2,28)29/h3-14H,15H2,1-2H3,(H,24,27). The first kappa shape index (κ1) is 20.6. The van der Waals surface area contributed by atoms with Gasteiger partial charge in [-0.2, -0.15) is 0 Å². The third-order valence-corrected chi connectivity index (χ3v) is 5.64. The van der Waals surface area contributed by atoms with Gasteiger partial charge in [-0.3, -0.25) is 9.20 Å². The maximum absolute atomic E-state index is 13.0. The average Bonchev–Trinajstić information content (AvgIpc) is 3.15. The molecule has 0 radical (unpaired) electrons. The van der Waals surface area contributed by atoms with Gasteiger partial charge in [-0.1, -0.05) is 42.5 Å². The van der Waals surface area contributed by atoms with Crippen LogP contribution in [0, 0.1) is 6.92 Å². The maximum atomic E-state index is 13.0. The van der Waals surface area contributed by atoms with Gasteiger partial charge in [-0.25, -0.2) is 13.4 Å². The molecular weight excluding hydrogens is 414 g/mol. The van der Waals surface area contributed by atoms with Crippen molar-refractivity contribution in [3.8, 4) is 5.75 Å². The van der Waals surface area contributed by atoms with E-state index in [0.717, 1.165) is 17.4 Å². The van der Waals surface area contributed by atoms with Gasteiger partial charge in [-0.15, -0.1) is 0 Å². The number of sulfone groups is 1. The summed E-state index contributed by atoms with van der Waals surface area (Å²) in [5.41, 5.74) is 2.88. The third kappa shape index (κ3) is 4.44. The maximum Gasteiger partial charge on any atom is 0.276 e. The molecule has 4 rings (SSSR count). The Bertz CT molecular complexity index is 1360. The average molecular weight is 436 g/mol. The number of nitrogens with one attached hydrogen (secondary N) is 1. The summed E-state index contributed by atoms with van der Waals surface area (Å²) in [5, 5.41) is 2.63. The van der Waals surface area contributed by atoms with Gasteiger partial charge >= 0.3 is 0 Å². The number of pyridine rings is 1. The monoisotopic (exact) mass is 435 g/mol. The van der Waals surface area contributed by atoms with Crippen LogP contribution < -0.4 is 10.1 Å². The number of aryl methyl sites for hydroxylation is 1. The molecule has 2 aromatic heterocycles. The molecule has 0 aliphatic rings. The van der Waals surface area contributed by atoms with Crippen LogP contribution in [0.3, 0.4) is 0 Å². The number of nitrogens with zero attached hydrogens (tertiary/aromatic N) is 2. The number of fused-ring (bicyclic) bond motifs is 1. The predicted molar refractivity (Wildman–Crippen MR) is 118 cm³/mol. The number of benzene rings is 2. The lowest BCUT2D eigenvalue weighted by atomic mass is 10.2. The van der Waals surface area contributed by atoms with E-state index in [1.54, 1.807) is 30.5 Å². The number of ether oxygens (including phenoxy) is 1. The van der Waals surface area contributed by atoms with Crippen LogP contribution in [0.2, 0.25) is 0 Å². The fourth-order valence-electron chi connectivity index (χ4n) is 3.21. The molecule has 0 fully saturated rings. The van der Waals surface area contributed by atoms with Crippen molar-refractivity contribution >= 4 is 26.9 Å². The van der Waals surface area contributed by atoms with Crippen molar-refractivity contribution in [2.24, 2.45) is 0 Å². The van der Waals surface area contributed by atoms with Crippen LogP contribution in [0.1, 0.15) is 21.6 Å². The normalized spacial score (nSPS) is 11.4. The quantitative estimate of drug-likeness (QED) is 0.496. The molecule has 31 heavy (non-hydrogen) atoms. The molecule has 158 valence electrons. The van der Waals surface area contributed by atoms with Crippen LogP contribution in [0.15, 0.2) is 78.1 Å². The minimum atomic E-state index is -3.62. The first-order valence-electron chi connectivity index (χ1n) is 9.59. The Hall–Kier alpha value is -3.65. The molecule has 0 atom stereocenters. The van der Waals surface area contributed by atoms with Crippen molar-refractivity contribution in [3.63, 3.8) is 0 Å². The van der Waals surface area contributed by atoms with E-state index in [0.29, 0.717) is 23.6 Å². The summed E-state index contributed by atoms with van der Waals surface area (Å²) in [6.45, 7) is 2.28. The van der Waals surface area contributed by atoms with Gasteiger partial charge in [0.1, 0.15) is 12.4 Å². The molecule has 7 nitrogen and oxygen atoms in total. The zero-order valence-electron chi connectivity index (χ0n) is 17.1. The summed E-state index contributed by atoms with van der Waals surface area (Å²) in [4.78, 5) is 17.2. The van der Waals surface area contributed by atoms with Gasteiger partial charge in [0.25, 0.3) is 5.91 Å². The number of anilines is 1. The Kier molecular flexibility index (Phi) is 5.48. The van der Waals surface area contributed by atoms with Crippen molar-refractivity contribution in [2.75, 3.05) is 11.6 Å². The highest BCUT2D eigenvalue weighted by Gasteiger charge is 2.23. The molecule has 0 bridgehead atoms. The van der Waals surface area contributed by atoms with E-state index in [4.69, 9.17) is 4.74 Å². The summed E-state index contributed by atoms with van der Waals surface area (Å²) in [7, 11) is -3.62. The number of amides is 1. The molecule has 0 spiro atoms. The van der Waals surface area contributed by atoms with Gasteiger partial charge in [0.2, 0.25) is 15.0 Å². The fourth-order valence-corrected chi connectivity index (χ4v) is 3.98. The predicted octanol–water partition coefficient (Wildman–Crippen LogP) is 3.88. The van der Waals surface area contributed by atoms with E-state index >= 15 is 0 Å². The number of imidazole rings is 1. The van der Waals surface area contributed by atoms with Crippen molar-refractivity contribution < 1.29 is 17.9 Å². The molecule has 0 aliphatic carbocycles. The van der Waals surface area contributed by atoms with Crippen molar-refractivity contribution in [1.82, 2.24) is 9.38 Å². The molecule has 0 saturated carbocycles. The van der Waals surface area contributed by atoms with E-state index in [1.807, 2.05) is 49.4 Å². The molecule has 2 heterocycles. The molecule has 1 N–H and O–H groups in total. The summed E-state index contributed by atoms with van der Waals surface area (Å²) in [6.07, 6.45) is 2.63. The highest BCUT2D eigenvalue weighted by molar-refractivity contribution is 7.90. The molecule has 1 amide bonds. The SMILES string of the molecule is Cc1ccc(NC(=O)c2nc(S(C)(=O)=O)n3ccccc23)c(OCc2ccccc2)c1. The highest BCUT2D eigenvalue weighted by atomic mass is 32.2. The summed E-state index contributed by atoms with van der Waals surface area (Å²) in [6, 6.07) is 20.2. The van der Waals surface area contributed by atoms with Gasteiger partial charge in [0.05, 0.1) is 11.2 Å². The smallest absolute Gasteiger partial charge is 0.276 e. The summed E-state index contributed by atoms with van der Waals surface area (Å²) < 4.78 is 31.6. The summed E-state index contributed by atoms with van der Waals surface area (Å²) in [5.74, 6) is -0.00364. The molecule has 0 saturated heterocycles. The van der Waals surface area contributed by atoms with Crippen molar-refractivity contribution in [2.45, 2.75) is 18.7 Å². The third-order valence-electron chi connectivity index (χ3n) is 4.69. The lowest BCUT2D eigenvalue weighted by Gasteiger charge is -2.13. The van der Waals surface area contributed by atoms with E-state index < -0.39 is 15.7 Å². The lowest BCUT2D eigenvalue weighted by molar-refractivity contribution is 0.102. The van der Waals surface area contributed by atoms with Crippen LogP contribution in [-0.2, 0) is 16.4 Å². The zero-order valence-corrected chi connectivity index (χ0v) is 17.9. The van der Waals surface area contributed by atoms with Crippen molar-refractivity contribution in [3.05, 3.63) is 89.7 Å². The van der Waals surface area contributed by atoms with E-state index in [1.165, 1.54) is 4.40 Å². The van der Waals surface area contributed by atoms with Gasteiger partial charge in [-0.05, 0) is 42.3 Å². The highest BCUT2D eigenvalue weighted by Crippen LogP contribution is 2.28. The topological polar surface area (TPSA) is 89.8 Å². The van der Waals surface area contributed by atoms with E-state index in [9.17, 15) is 13.2 Å². The van der Waals surface area contributed by atoms with E-state index in [-0.39, 0.29) is 10.9 Å². The van der Waals surface area contributed by atoms with Crippen LogP contribution in [0.4, 0.5) is 5.69 Å². The molecule has 0 aliphatic heterocycles. The second kappa shape index (κ2) is 8.23. The Morgan fingerprint density at radius 1 is 1.06 bits per heavy atom. The van der Waals surface area contributed by atoms with Crippen LogP contribution >= 0.6 is 0 Å². The molecule has 0 unspecified atom stereocenters. The molecular formula is C23H21N3O4S. The Balaban J connectivity index is 1.65. The molecule has 8 heteroatoms. The number of carbonyl (C=O) groups is 1. The fraction of sp³-hybridized carbons (Fsp3) is 0.130. The van der Waals surface area contributed by atoms with Crippen molar-refractivity contribution in [1.29, 1.82) is 0 Å². The Labute approximate surface area is 180 Å². The number of hydrogen-bond acceptors (Lipinski definition) is 5. The van der Waals surface area contributed by atoms with Gasteiger partial charge in [0.15, 0.2) is 5.69 Å². The second-order valence-electron chi connectivity index (χ2n) is 7.20. The molecule has 2 aromatic carbocycles. The van der Waals surface area contributed by atoms with Crippen LogP contribution in [0.25, 0.3) is 5.52 Å². The number of hydrogen-bond donors (Lipinski definition) is 1. The Morgan fingerprint density at radius 3 is 2.55 bits per heavy atom. The van der Waals surface area contributed by atoms with Gasteiger partial charge in [0, 0.05) is 12.5 Å². The minimum Gasteiger partial charge on any atom is -0.487 e.